The van der Waals surface area contributed by atoms with Gasteiger partial charge >= 0.3 is 0 Å². The molecule has 0 aromatic carbocycles. The fourth-order valence-electron chi connectivity index (χ4n) is 0.304. The number of rotatable bonds is 4. The van der Waals surface area contributed by atoms with Crippen molar-refractivity contribution in [1.82, 2.24) is 16.0 Å². The molecule has 0 spiro atoms. The highest BCUT2D eigenvalue weighted by atomic mass is 16.5. The molecule has 0 fully saturated rings. The molecule has 54 valence electrons. The first-order chi connectivity index (χ1) is 4.27. The van der Waals surface area contributed by atoms with Crippen molar-refractivity contribution < 1.29 is 0 Å². The second-order valence-corrected chi connectivity index (χ2v) is 1.39. The number of hydrogen-bond acceptors (Lipinski definition) is 5. The summed E-state index contributed by atoms with van der Waals surface area (Å²) in [6.07, 6.45) is 1.48. The SMILES string of the molecule is CNNC/C=N/N(C)[O-]. The second-order valence-electron chi connectivity index (χ2n) is 1.39. The Balaban J connectivity index is 3.04. The van der Waals surface area contributed by atoms with E-state index in [2.05, 4.69) is 16.0 Å². The van der Waals surface area contributed by atoms with Crippen LogP contribution in [0.3, 0.4) is 0 Å². The number of nitrogens with zero attached hydrogens (tertiary/aromatic N) is 2. The van der Waals surface area contributed by atoms with Crippen LogP contribution in [0.15, 0.2) is 5.10 Å². The van der Waals surface area contributed by atoms with Crippen molar-refractivity contribution in [3.05, 3.63) is 5.21 Å². The Kier molecular flexibility index (Phi) is 5.09. The molecule has 0 atom stereocenters. The molecule has 0 bridgehead atoms. The molecule has 5 heteroatoms. The first kappa shape index (κ1) is 8.35. The van der Waals surface area contributed by atoms with Crippen molar-refractivity contribution in [3.8, 4) is 0 Å². The fraction of sp³-hybridized carbons (Fsp3) is 0.750. The molecule has 0 saturated heterocycles. The Morgan fingerprint density at radius 2 is 2.44 bits per heavy atom. The molecule has 0 amide bonds. The van der Waals surface area contributed by atoms with Crippen molar-refractivity contribution in [3.63, 3.8) is 0 Å². The van der Waals surface area contributed by atoms with E-state index in [4.69, 9.17) is 0 Å². The molecule has 5 nitrogen and oxygen atoms in total. The van der Waals surface area contributed by atoms with E-state index in [1.54, 1.807) is 7.05 Å². The number of hydrazine groups is 1. The molecule has 0 heterocycles. The average Bonchev–Trinajstić information content (AvgIpc) is 1.80. The monoisotopic (exact) mass is 131 g/mol. The van der Waals surface area contributed by atoms with Gasteiger partial charge in [-0.15, -0.1) is 0 Å². The lowest BCUT2D eigenvalue weighted by Crippen LogP contribution is -2.29. The molecular formula is C4H11N4O-. The van der Waals surface area contributed by atoms with Crippen molar-refractivity contribution in [2.24, 2.45) is 5.10 Å². The maximum Gasteiger partial charge on any atom is 0.0471 e. The molecular weight excluding hydrogens is 120 g/mol. The number of hydrazone groups is 1. The predicted molar refractivity (Wildman–Crippen MR) is 36.7 cm³/mol. The predicted octanol–water partition coefficient (Wildman–Crippen LogP) is -0.874. The van der Waals surface area contributed by atoms with Crippen molar-refractivity contribution in [1.29, 1.82) is 0 Å². The molecule has 0 saturated carbocycles. The van der Waals surface area contributed by atoms with E-state index in [0.717, 1.165) is 0 Å². The van der Waals surface area contributed by atoms with Gasteiger partial charge in [-0.05, 0) is 7.05 Å². The van der Waals surface area contributed by atoms with E-state index in [9.17, 15) is 5.21 Å². The normalized spacial score (nSPS) is 10.6. The average molecular weight is 131 g/mol. The summed E-state index contributed by atoms with van der Waals surface area (Å²) in [7, 11) is 3.07. The minimum Gasteiger partial charge on any atom is -0.742 e. The topological polar surface area (TPSA) is 62.7 Å². The van der Waals surface area contributed by atoms with E-state index in [1.807, 2.05) is 0 Å². The molecule has 0 aromatic rings. The van der Waals surface area contributed by atoms with Crippen molar-refractivity contribution >= 4 is 6.21 Å². The highest BCUT2D eigenvalue weighted by Gasteiger charge is 1.72. The Labute approximate surface area is 54.3 Å². The summed E-state index contributed by atoms with van der Waals surface area (Å²) in [6.45, 7) is 0.545. The Hall–Kier alpha value is -0.650. The lowest BCUT2D eigenvalue weighted by atomic mass is 10.7. The van der Waals surface area contributed by atoms with Crippen LogP contribution < -0.4 is 10.9 Å². The summed E-state index contributed by atoms with van der Waals surface area (Å²) in [5.41, 5.74) is 5.42. The summed E-state index contributed by atoms with van der Waals surface area (Å²) in [4.78, 5) is 0. The maximum atomic E-state index is 10.1. The molecule has 0 aliphatic rings. The third-order valence-corrected chi connectivity index (χ3v) is 0.614. The first-order valence-corrected chi connectivity index (χ1v) is 2.60. The Bertz CT molecular complexity index is 82.6. The van der Waals surface area contributed by atoms with Gasteiger partial charge in [0.15, 0.2) is 0 Å². The van der Waals surface area contributed by atoms with Gasteiger partial charge in [-0.2, -0.15) is 0 Å². The van der Waals surface area contributed by atoms with Gasteiger partial charge in [-0.25, -0.2) is 5.10 Å². The number of hydroxylamine groups is 1. The molecule has 9 heavy (non-hydrogen) atoms. The molecule has 0 unspecified atom stereocenters. The van der Waals surface area contributed by atoms with Crippen LogP contribution in [-0.2, 0) is 0 Å². The molecule has 0 aliphatic carbocycles. The summed E-state index contributed by atoms with van der Waals surface area (Å²) < 4.78 is 0. The number of hydrogen-bond donors (Lipinski definition) is 2. The quantitative estimate of drug-likeness (QED) is 0.295. The second kappa shape index (κ2) is 5.49. The van der Waals surface area contributed by atoms with Crippen LogP contribution in [0, 0.1) is 5.21 Å². The van der Waals surface area contributed by atoms with Crippen LogP contribution in [0.2, 0.25) is 0 Å². The largest absolute Gasteiger partial charge is 0.742 e. The van der Waals surface area contributed by atoms with Crippen LogP contribution in [0.25, 0.3) is 0 Å². The molecule has 0 aromatic heterocycles. The van der Waals surface area contributed by atoms with Crippen molar-refractivity contribution in [2.75, 3.05) is 20.6 Å². The first-order valence-electron chi connectivity index (χ1n) is 2.60. The van der Waals surface area contributed by atoms with Gasteiger partial charge < -0.3 is 10.4 Å². The zero-order chi connectivity index (χ0) is 7.11. The summed E-state index contributed by atoms with van der Waals surface area (Å²) in [6, 6.07) is 0. The summed E-state index contributed by atoms with van der Waals surface area (Å²) in [5.74, 6) is 0. The van der Waals surface area contributed by atoms with Crippen LogP contribution >= 0.6 is 0 Å². The van der Waals surface area contributed by atoms with Crippen LogP contribution in [0.5, 0.6) is 0 Å². The fourth-order valence-corrected chi connectivity index (χ4v) is 0.304. The van der Waals surface area contributed by atoms with Gasteiger partial charge in [-0.3, -0.25) is 10.9 Å². The van der Waals surface area contributed by atoms with Gasteiger partial charge in [0.2, 0.25) is 0 Å². The minimum atomic E-state index is 0.497. The summed E-state index contributed by atoms with van der Waals surface area (Å²) in [5, 5.41) is 14.0. The van der Waals surface area contributed by atoms with Crippen molar-refractivity contribution in [2.45, 2.75) is 0 Å². The van der Waals surface area contributed by atoms with E-state index < -0.39 is 0 Å². The highest BCUT2D eigenvalue weighted by molar-refractivity contribution is 5.58. The smallest absolute Gasteiger partial charge is 0.0471 e. The Morgan fingerprint density at radius 1 is 1.78 bits per heavy atom. The van der Waals surface area contributed by atoms with Crippen LogP contribution in [0.4, 0.5) is 0 Å². The third kappa shape index (κ3) is 7.35. The number of nitrogens with one attached hydrogen (secondary N) is 2. The van der Waals surface area contributed by atoms with E-state index in [-0.39, 0.29) is 0 Å². The van der Waals surface area contributed by atoms with E-state index >= 15 is 0 Å². The lowest BCUT2D eigenvalue weighted by Gasteiger charge is -2.15. The zero-order valence-electron chi connectivity index (χ0n) is 5.59. The van der Waals surface area contributed by atoms with Gasteiger partial charge in [0, 0.05) is 19.8 Å². The standard InChI is InChI=1S/C4H11N4O/c1-5-6-3-4-7-8(2)9/h4-6H,3H2,1-2H3/q-1/b7-4+. The van der Waals surface area contributed by atoms with Crippen LogP contribution in [-0.4, -0.2) is 32.0 Å². The maximum absolute atomic E-state index is 10.1. The van der Waals surface area contributed by atoms with E-state index in [1.165, 1.54) is 13.3 Å². The lowest BCUT2D eigenvalue weighted by molar-refractivity contribution is 0.493. The molecule has 0 radical (unpaired) electrons. The third-order valence-electron chi connectivity index (χ3n) is 0.614. The molecule has 2 N–H and O–H groups in total. The van der Waals surface area contributed by atoms with Gasteiger partial charge in [0.25, 0.3) is 0 Å². The van der Waals surface area contributed by atoms with E-state index in [0.29, 0.717) is 11.7 Å². The molecule has 0 rings (SSSR count). The van der Waals surface area contributed by atoms with Crippen LogP contribution in [0.1, 0.15) is 0 Å². The summed E-state index contributed by atoms with van der Waals surface area (Å²) >= 11 is 0. The van der Waals surface area contributed by atoms with Gasteiger partial charge in [0.05, 0.1) is 0 Å². The zero-order valence-corrected chi connectivity index (χ0v) is 5.59. The van der Waals surface area contributed by atoms with Gasteiger partial charge in [-0.1, -0.05) is 0 Å². The minimum absolute atomic E-state index is 0.497. The highest BCUT2D eigenvalue weighted by Crippen LogP contribution is 1.70. The van der Waals surface area contributed by atoms with Gasteiger partial charge in [0.1, 0.15) is 0 Å². The molecule has 0 aliphatic heterocycles. The Morgan fingerprint density at radius 3 is 2.89 bits per heavy atom.